The summed E-state index contributed by atoms with van der Waals surface area (Å²) in [4.78, 5) is 18.8. The highest BCUT2D eigenvalue weighted by Crippen LogP contribution is 2.34. The van der Waals surface area contributed by atoms with Crippen molar-refractivity contribution in [1.29, 1.82) is 0 Å². The van der Waals surface area contributed by atoms with Crippen LogP contribution in [0, 0.1) is 0 Å². The predicted molar refractivity (Wildman–Crippen MR) is 93.7 cm³/mol. The molecule has 0 aromatic carbocycles. The molecule has 14 heteroatoms. The molecule has 0 bridgehead atoms. The number of fused-ring (bicyclic) bond motifs is 1. The Morgan fingerprint density at radius 2 is 2.07 bits per heavy atom. The average Bonchev–Trinajstić information content (AvgIpc) is 3.19. The number of aliphatic hydroxyl groups is 3. The van der Waals surface area contributed by atoms with Crippen molar-refractivity contribution < 1.29 is 42.8 Å². The molecular formula is C16H20F3N5O6. The number of nitrogens with zero attached hydrogens (tertiary/aromatic N) is 3. The van der Waals surface area contributed by atoms with Gasteiger partial charge in [0.1, 0.15) is 36.1 Å². The van der Waals surface area contributed by atoms with Crippen molar-refractivity contribution in [3.8, 4) is 0 Å². The number of aromatic nitrogens is 3. The maximum Gasteiger partial charge on any atom is 0.471 e. The summed E-state index contributed by atoms with van der Waals surface area (Å²) in [7, 11) is 0. The van der Waals surface area contributed by atoms with Crippen molar-refractivity contribution in [2.24, 2.45) is 0 Å². The lowest BCUT2D eigenvalue weighted by atomic mass is 10.1. The number of anilines is 1. The third-order valence-electron chi connectivity index (χ3n) is 4.56. The van der Waals surface area contributed by atoms with Crippen LogP contribution >= 0.6 is 0 Å². The number of nitrogens with two attached hydrogens (primary N) is 1. The van der Waals surface area contributed by atoms with E-state index in [1.165, 1.54) is 17.1 Å². The summed E-state index contributed by atoms with van der Waals surface area (Å²) < 4.78 is 48.7. The normalized spacial score (nSPS) is 24.5. The lowest BCUT2D eigenvalue weighted by Gasteiger charge is -2.17. The summed E-state index contributed by atoms with van der Waals surface area (Å²) in [6.07, 6.45) is -7.06. The summed E-state index contributed by atoms with van der Waals surface area (Å²) in [5, 5.41) is 31.6. The second-order valence-corrected chi connectivity index (χ2v) is 6.55. The van der Waals surface area contributed by atoms with Gasteiger partial charge in [0.05, 0.1) is 25.2 Å². The zero-order valence-electron chi connectivity index (χ0n) is 15.4. The van der Waals surface area contributed by atoms with Gasteiger partial charge >= 0.3 is 12.1 Å². The largest absolute Gasteiger partial charge is 0.471 e. The van der Waals surface area contributed by atoms with Crippen LogP contribution in [-0.2, 0) is 20.9 Å². The molecule has 3 heterocycles. The highest BCUT2D eigenvalue weighted by Gasteiger charge is 2.44. The van der Waals surface area contributed by atoms with Gasteiger partial charge in [0.15, 0.2) is 6.23 Å². The van der Waals surface area contributed by atoms with E-state index in [0.717, 1.165) is 0 Å². The van der Waals surface area contributed by atoms with E-state index < -0.39 is 43.2 Å². The van der Waals surface area contributed by atoms with Gasteiger partial charge in [0, 0.05) is 18.3 Å². The molecule has 2 aromatic heterocycles. The number of hydrogen-bond acceptors (Lipinski definition) is 9. The molecule has 1 fully saturated rings. The van der Waals surface area contributed by atoms with Gasteiger partial charge in [-0.3, -0.25) is 4.79 Å². The molecule has 166 valence electrons. The number of alkyl halides is 3. The molecule has 3 rings (SSSR count). The van der Waals surface area contributed by atoms with Crippen molar-refractivity contribution in [2.75, 3.05) is 25.5 Å². The Balaban J connectivity index is 1.74. The molecule has 1 aliphatic rings. The van der Waals surface area contributed by atoms with Gasteiger partial charge in [0.2, 0.25) is 0 Å². The van der Waals surface area contributed by atoms with E-state index >= 15 is 0 Å². The van der Waals surface area contributed by atoms with Gasteiger partial charge < -0.3 is 40.4 Å². The molecule has 0 aliphatic carbocycles. The first-order valence-electron chi connectivity index (χ1n) is 8.80. The Bertz CT molecular complexity index is 907. The first kappa shape index (κ1) is 22.2. The van der Waals surface area contributed by atoms with Crippen LogP contribution in [0.25, 0.3) is 11.0 Å². The minimum Gasteiger partial charge on any atom is -0.394 e. The third kappa shape index (κ3) is 4.32. The highest BCUT2D eigenvalue weighted by atomic mass is 19.4. The molecule has 0 spiro atoms. The molecule has 1 aliphatic heterocycles. The zero-order valence-corrected chi connectivity index (χ0v) is 15.4. The number of amides is 1. The fraction of sp³-hybridized carbons (Fsp3) is 0.562. The SMILES string of the molecule is Nc1ncnc2c1c(COCCNC(=O)C(F)(F)F)cn2C1OC(CO)C(O)C1O. The Kier molecular flexibility index (Phi) is 6.42. The van der Waals surface area contributed by atoms with Crippen molar-refractivity contribution in [3.05, 3.63) is 18.1 Å². The number of ether oxygens (including phenoxy) is 2. The molecule has 4 atom stereocenters. The second-order valence-electron chi connectivity index (χ2n) is 6.55. The third-order valence-corrected chi connectivity index (χ3v) is 4.56. The number of nitrogens with one attached hydrogen (secondary N) is 1. The summed E-state index contributed by atoms with van der Waals surface area (Å²) in [5.41, 5.74) is 6.62. The lowest BCUT2D eigenvalue weighted by Crippen LogP contribution is -2.38. The summed E-state index contributed by atoms with van der Waals surface area (Å²) in [6.45, 7) is -1.20. The van der Waals surface area contributed by atoms with Gasteiger partial charge in [-0.25, -0.2) is 9.97 Å². The van der Waals surface area contributed by atoms with Gasteiger partial charge in [-0.2, -0.15) is 13.2 Å². The zero-order chi connectivity index (χ0) is 22.1. The molecular weight excluding hydrogens is 415 g/mol. The van der Waals surface area contributed by atoms with Crippen LogP contribution in [0.2, 0.25) is 0 Å². The Hall–Kier alpha value is -2.52. The van der Waals surface area contributed by atoms with Crippen LogP contribution in [0.15, 0.2) is 12.5 Å². The minimum absolute atomic E-state index is 0.0921. The number of aliphatic hydroxyl groups excluding tert-OH is 3. The van der Waals surface area contributed by atoms with Crippen LogP contribution in [0.5, 0.6) is 0 Å². The molecule has 0 radical (unpaired) electrons. The molecule has 6 N–H and O–H groups in total. The van der Waals surface area contributed by atoms with Gasteiger partial charge in [-0.05, 0) is 0 Å². The van der Waals surface area contributed by atoms with Crippen LogP contribution < -0.4 is 11.1 Å². The average molecular weight is 435 g/mol. The first-order valence-corrected chi connectivity index (χ1v) is 8.80. The smallest absolute Gasteiger partial charge is 0.394 e. The van der Waals surface area contributed by atoms with E-state index in [9.17, 15) is 33.3 Å². The highest BCUT2D eigenvalue weighted by molar-refractivity contribution is 5.89. The fourth-order valence-electron chi connectivity index (χ4n) is 3.12. The molecule has 4 unspecified atom stereocenters. The van der Waals surface area contributed by atoms with Crippen molar-refractivity contribution in [3.63, 3.8) is 0 Å². The van der Waals surface area contributed by atoms with E-state index in [1.54, 1.807) is 5.32 Å². The topological polar surface area (TPSA) is 165 Å². The molecule has 1 saturated heterocycles. The number of halogens is 3. The van der Waals surface area contributed by atoms with Gasteiger partial charge in [-0.1, -0.05) is 0 Å². The van der Waals surface area contributed by atoms with Crippen LogP contribution in [0.3, 0.4) is 0 Å². The van der Waals surface area contributed by atoms with Gasteiger partial charge in [0.25, 0.3) is 0 Å². The van der Waals surface area contributed by atoms with E-state index in [4.69, 9.17) is 15.2 Å². The van der Waals surface area contributed by atoms with E-state index in [0.29, 0.717) is 10.9 Å². The number of nitrogen functional groups attached to an aromatic ring is 1. The van der Waals surface area contributed by atoms with Crippen molar-refractivity contribution in [2.45, 2.75) is 37.3 Å². The summed E-state index contributed by atoms with van der Waals surface area (Å²) >= 11 is 0. The Morgan fingerprint density at radius 1 is 1.33 bits per heavy atom. The minimum atomic E-state index is -4.97. The van der Waals surface area contributed by atoms with Gasteiger partial charge in [-0.15, -0.1) is 0 Å². The lowest BCUT2D eigenvalue weighted by molar-refractivity contribution is -0.173. The number of rotatable bonds is 7. The Labute approximate surface area is 167 Å². The molecule has 2 aromatic rings. The maximum atomic E-state index is 12.2. The van der Waals surface area contributed by atoms with E-state index in [2.05, 4.69) is 9.97 Å². The molecule has 0 saturated carbocycles. The summed E-state index contributed by atoms with van der Waals surface area (Å²) in [6, 6.07) is 0. The number of carbonyl (C=O) groups is 1. The number of hydrogen-bond donors (Lipinski definition) is 5. The molecule has 1 amide bonds. The standard InChI is InChI=1S/C16H20F3N5O6/c17-16(18,19)15(28)21-1-2-29-5-7-3-24(13-9(7)12(20)22-6-23-13)14-11(27)10(26)8(4-25)30-14/h3,6,8,10-11,14,25-27H,1-2,4-5H2,(H,21,28)(H2,20,22,23). The number of carbonyl (C=O) groups excluding carboxylic acids is 1. The maximum absolute atomic E-state index is 12.2. The van der Waals surface area contributed by atoms with Crippen molar-refractivity contribution in [1.82, 2.24) is 19.9 Å². The van der Waals surface area contributed by atoms with Crippen LogP contribution in [0.1, 0.15) is 11.8 Å². The summed E-state index contributed by atoms with van der Waals surface area (Å²) in [5.74, 6) is -1.97. The van der Waals surface area contributed by atoms with Crippen LogP contribution in [-0.4, -0.2) is 80.0 Å². The predicted octanol–water partition coefficient (Wildman–Crippen LogP) is -1.18. The van der Waals surface area contributed by atoms with Crippen molar-refractivity contribution >= 4 is 22.8 Å². The fourth-order valence-corrected chi connectivity index (χ4v) is 3.12. The van der Waals surface area contributed by atoms with E-state index in [-0.39, 0.29) is 31.2 Å². The Morgan fingerprint density at radius 3 is 2.70 bits per heavy atom. The quantitative estimate of drug-likeness (QED) is 0.337. The second kappa shape index (κ2) is 8.69. The van der Waals surface area contributed by atoms with E-state index in [1.807, 2.05) is 0 Å². The first-order chi connectivity index (χ1) is 14.1. The molecule has 11 nitrogen and oxygen atoms in total. The molecule has 30 heavy (non-hydrogen) atoms. The monoisotopic (exact) mass is 435 g/mol. The van der Waals surface area contributed by atoms with Crippen LogP contribution in [0.4, 0.5) is 19.0 Å².